The summed E-state index contributed by atoms with van der Waals surface area (Å²) in [4.78, 5) is 27.9. The molecule has 1 unspecified atom stereocenters. The molecule has 1 aromatic rings. The molecule has 4 aliphatic carbocycles. The van der Waals surface area contributed by atoms with E-state index in [-0.39, 0.29) is 40.3 Å². The minimum Gasteiger partial charge on any atom is -0.361 e. The van der Waals surface area contributed by atoms with Crippen LogP contribution in [-0.4, -0.2) is 11.6 Å². The lowest BCUT2D eigenvalue weighted by molar-refractivity contribution is -0.137. The fraction of sp³-hybridized carbons (Fsp3) is 0.600. The monoisotopic (exact) mass is 497 g/mol. The largest absolute Gasteiger partial charge is 0.416 e. The maximum Gasteiger partial charge on any atom is 0.416 e. The lowest BCUT2D eigenvalue weighted by Gasteiger charge is -2.43. The smallest absolute Gasteiger partial charge is 0.361 e. The van der Waals surface area contributed by atoms with Gasteiger partial charge < -0.3 is 5.32 Å². The van der Waals surface area contributed by atoms with E-state index >= 15 is 0 Å². The molecule has 3 nitrogen and oxygen atoms in total. The molecular formula is C30H34F3NO2. The second kappa shape index (κ2) is 8.88. The van der Waals surface area contributed by atoms with E-state index in [4.69, 9.17) is 0 Å². The van der Waals surface area contributed by atoms with Crippen molar-refractivity contribution < 1.29 is 22.8 Å². The lowest BCUT2D eigenvalue weighted by atomic mass is 9.64. The minimum absolute atomic E-state index is 0.107. The molecule has 1 spiro atoms. The van der Waals surface area contributed by atoms with Crippen LogP contribution >= 0.6 is 0 Å². The highest BCUT2D eigenvalue weighted by molar-refractivity contribution is 6.12. The Morgan fingerprint density at radius 2 is 1.53 bits per heavy atom. The predicted octanol–water partition coefficient (Wildman–Crippen LogP) is 7.53. The van der Waals surface area contributed by atoms with Gasteiger partial charge in [0.1, 0.15) is 0 Å². The summed E-state index contributed by atoms with van der Waals surface area (Å²) in [7, 11) is 0. The van der Waals surface area contributed by atoms with Crippen LogP contribution in [0.15, 0.2) is 46.8 Å². The van der Waals surface area contributed by atoms with Crippen LogP contribution in [-0.2, 0) is 11.0 Å². The molecule has 3 fully saturated rings. The number of hydrogen-bond acceptors (Lipinski definition) is 3. The van der Waals surface area contributed by atoms with Gasteiger partial charge in [0, 0.05) is 40.4 Å². The van der Waals surface area contributed by atoms with Crippen molar-refractivity contribution >= 4 is 11.6 Å². The SMILES string of the molecule is O=C1CC2(CC2)CC2=C1C(C1CCCCC1)C(C(=O)c1ccc(C(F)(F)F)cc1)=C(C1CCCC1)N2. The van der Waals surface area contributed by atoms with Crippen molar-refractivity contribution in [3.63, 3.8) is 0 Å². The van der Waals surface area contributed by atoms with E-state index in [1.165, 1.54) is 18.6 Å². The average Bonchev–Trinajstić information content (AvgIpc) is 3.37. The molecule has 0 saturated heterocycles. The summed E-state index contributed by atoms with van der Waals surface area (Å²) in [6, 6.07) is 4.63. The summed E-state index contributed by atoms with van der Waals surface area (Å²) in [5.74, 6) is 0.203. The highest BCUT2D eigenvalue weighted by Gasteiger charge is 2.53. The molecule has 192 valence electrons. The number of halogens is 3. The molecule has 36 heavy (non-hydrogen) atoms. The molecule has 1 aromatic carbocycles. The third-order valence-corrected chi connectivity index (χ3v) is 9.47. The summed E-state index contributed by atoms with van der Waals surface area (Å²) >= 11 is 0. The fourth-order valence-electron chi connectivity index (χ4n) is 7.39. The number of ketones is 2. The molecule has 1 heterocycles. The first-order valence-corrected chi connectivity index (χ1v) is 13.8. The number of dihydropyridines is 1. The Labute approximate surface area is 210 Å². The van der Waals surface area contributed by atoms with Gasteiger partial charge in [-0.15, -0.1) is 0 Å². The van der Waals surface area contributed by atoms with Crippen molar-refractivity contribution in [2.24, 2.45) is 23.2 Å². The topological polar surface area (TPSA) is 46.2 Å². The first kappa shape index (κ1) is 24.0. The molecule has 5 aliphatic rings. The van der Waals surface area contributed by atoms with Crippen molar-refractivity contribution in [1.82, 2.24) is 5.32 Å². The number of nitrogens with one attached hydrogen (secondary N) is 1. The first-order valence-electron chi connectivity index (χ1n) is 13.8. The average molecular weight is 498 g/mol. The zero-order valence-corrected chi connectivity index (χ0v) is 20.7. The number of Topliss-reactive ketones (excluding diaryl/α,β-unsaturated/α-hetero) is 2. The van der Waals surface area contributed by atoms with Crippen molar-refractivity contribution in [3.8, 4) is 0 Å². The number of carbonyl (C=O) groups excluding carboxylic acids is 2. The van der Waals surface area contributed by atoms with Gasteiger partial charge in [-0.05, 0) is 74.3 Å². The number of hydrogen-bond donors (Lipinski definition) is 1. The van der Waals surface area contributed by atoms with Gasteiger partial charge in [-0.2, -0.15) is 13.2 Å². The van der Waals surface area contributed by atoms with Gasteiger partial charge in [0.25, 0.3) is 0 Å². The molecule has 0 amide bonds. The molecule has 6 heteroatoms. The maximum atomic E-state index is 14.2. The molecule has 1 N–H and O–H groups in total. The van der Waals surface area contributed by atoms with Crippen molar-refractivity contribution in [2.45, 2.75) is 89.6 Å². The minimum atomic E-state index is -4.44. The Bertz CT molecular complexity index is 1130. The Morgan fingerprint density at radius 3 is 2.14 bits per heavy atom. The summed E-state index contributed by atoms with van der Waals surface area (Å²) in [5.41, 5.74) is 3.14. The number of benzene rings is 1. The van der Waals surface area contributed by atoms with E-state index in [1.807, 2.05) is 0 Å². The Morgan fingerprint density at radius 1 is 0.889 bits per heavy atom. The predicted molar refractivity (Wildman–Crippen MR) is 131 cm³/mol. The van der Waals surface area contributed by atoms with Gasteiger partial charge in [0.15, 0.2) is 11.6 Å². The third kappa shape index (κ3) is 4.24. The lowest BCUT2D eigenvalue weighted by Crippen LogP contribution is -2.42. The Balaban J connectivity index is 1.46. The van der Waals surface area contributed by atoms with Crippen molar-refractivity contribution in [3.05, 3.63) is 57.9 Å². The Kier molecular flexibility index (Phi) is 5.92. The van der Waals surface area contributed by atoms with E-state index < -0.39 is 11.7 Å². The van der Waals surface area contributed by atoms with Crippen LogP contribution in [0.2, 0.25) is 0 Å². The summed E-state index contributed by atoms with van der Waals surface area (Å²) in [6.07, 6.45) is 8.75. The van der Waals surface area contributed by atoms with Gasteiger partial charge in [-0.3, -0.25) is 9.59 Å². The highest BCUT2D eigenvalue weighted by atomic mass is 19.4. The second-order valence-electron chi connectivity index (χ2n) is 11.9. The zero-order valence-electron chi connectivity index (χ0n) is 20.7. The van der Waals surface area contributed by atoms with Crippen LogP contribution in [0.5, 0.6) is 0 Å². The van der Waals surface area contributed by atoms with E-state index in [2.05, 4.69) is 5.32 Å². The molecular weight excluding hydrogens is 463 g/mol. The molecule has 1 atom stereocenters. The van der Waals surface area contributed by atoms with E-state index in [0.29, 0.717) is 12.0 Å². The van der Waals surface area contributed by atoms with Gasteiger partial charge >= 0.3 is 6.18 Å². The number of alkyl halides is 3. The van der Waals surface area contributed by atoms with E-state index in [9.17, 15) is 22.8 Å². The number of rotatable bonds is 4. The van der Waals surface area contributed by atoms with Crippen molar-refractivity contribution in [1.29, 1.82) is 0 Å². The van der Waals surface area contributed by atoms with Gasteiger partial charge in [-0.25, -0.2) is 0 Å². The summed E-state index contributed by atoms with van der Waals surface area (Å²) in [5, 5.41) is 3.67. The van der Waals surface area contributed by atoms with Gasteiger partial charge in [0.05, 0.1) is 5.56 Å². The molecule has 3 saturated carbocycles. The number of allylic oxidation sites excluding steroid dienone is 4. The molecule has 0 bridgehead atoms. The second-order valence-corrected chi connectivity index (χ2v) is 11.9. The first-order chi connectivity index (χ1) is 17.3. The van der Waals surface area contributed by atoms with Gasteiger partial charge in [-0.1, -0.05) is 44.2 Å². The highest BCUT2D eigenvalue weighted by Crippen LogP contribution is 2.59. The molecule has 0 aromatic heterocycles. The molecule has 0 radical (unpaired) electrons. The quantitative estimate of drug-likeness (QED) is 0.438. The third-order valence-electron chi connectivity index (χ3n) is 9.47. The standard InChI is InChI=1S/C30H34F3NO2/c31-30(32,33)21-12-10-20(11-13-21)28(36)26-24(18-6-2-1-3-7-18)25-22(16-29(14-15-29)17-23(25)35)34-27(26)19-8-4-5-9-19/h10-13,18-19,24,34H,1-9,14-17H2. The van der Waals surface area contributed by atoms with Crippen LogP contribution in [0.3, 0.4) is 0 Å². The van der Waals surface area contributed by atoms with Crippen molar-refractivity contribution in [2.75, 3.05) is 0 Å². The normalized spacial score (nSPS) is 26.9. The fourth-order valence-corrected chi connectivity index (χ4v) is 7.39. The van der Waals surface area contributed by atoms with Crippen LogP contribution in [0, 0.1) is 23.2 Å². The van der Waals surface area contributed by atoms with Crippen LogP contribution in [0.25, 0.3) is 0 Å². The maximum absolute atomic E-state index is 14.2. The van der Waals surface area contributed by atoms with Gasteiger partial charge in [0.2, 0.25) is 0 Å². The van der Waals surface area contributed by atoms with Crippen LogP contribution < -0.4 is 5.32 Å². The molecule has 6 rings (SSSR count). The van der Waals surface area contributed by atoms with E-state index in [1.54, 1.807) is 0 Å². The Hall–Kier alpha value is -2.37. The number of carbonyl (C=O) groups is 2. The zero-order chi connectivity index (χ0) is 25.1. The van der Waals surface area contributed by atoms with Crippen LogP contribution in [0.4, 0.5) is 13.2 Å². The van der Waals surface area contributed by atoms with Crippen LogP contribution in [0.1, 0.15) is 99.4 Å². The molecule has 1 aliphatic heterocycles. The summed E-state index contributed by atoms with van der Waals surface area (Å²) in [6.45, 7) is 0. The van der Waals surface area contributed by atoms with E-state index in [0.717, 1.165) is 99.7 Å². The summed E-state index contributed by atoms with van der Waals surface area (Å²) < 4.78 is 39.6.